The number of rotatable bonds is 7. The third-order valence-electron chi connectivity index (χ3n) is 6.32. The van der Waals surface area contributed by atoms with E-state index in [1.807, 2.05) is 35.0 Å². The van der Waals surface area contributed by atoms with Crippen LogP contribution in [0.15, 0.2) is 42.9 Å². The maximum atomic E-state index is 14.8. The van der Waals surface area contributed by atoms with Crippen molar-refractivity contribution < 1.29 is 4.39 Å². The predicted molar refractivity (Wildman–Crippen MR) is 135 cm³/mol. The third-order valence-corrected chi connectivity index (χ3v) is 6.32. The van der Waals surface area contributed by atoms with Crippen LogP contribution in [0.3, 0.4) is 0 Å². The number of halogens is 1. The molecule has 1 N–H and O–H groups in total. The number of hydrogen-bond donors (Lipinski definition) is 1. The van der Waals surface area contributed by atoms with Crippen molar-refractivity contribution in [2.45, 2.75) is 32.7 Å². The van der Waals surface area contributed by atoms with Gasteiger partial charge >= 0.3 is 0 Å². The summed E-state index contributed by atoms with van der Waals surface area (Å²) in [7, 11) is 4.19. The summed E-state index contributed by atoms with van der Waals surface area (Å²) in [6.07, 6.45) is 5.81. The van der Waals surface area contributed by atoms with Crippen LogP contribution in [0.5, 0.6) is 0 Å². The molecule has 1 aliphatic heterocycles. The first-order valence-electron chi connectivity index (χ1n) is 12.0. The molecule has 0 radical (unpaired) electrons. The summed E-state index contributed by atoms with van der Waals surface area (Å²) < 4.78 is 16.7. The third kappa shape index (κ3) is 5.01. The molecule has 0 bridgehead atoms. The first-order valence-corrected chi connectivity index (χ1v) is 12.0. The van der Waals surface area contributed by atoms with Crippen LogP contribution in [-0.4, -0.2) is 67.9 Å². The van der Waals surface area contributed by atoms with Crippen molar-refractivity contribution in [1.29, 1.82) is 0 Å². The van der Waals surface area contributed by atoms with Gasteiger partial charge in [-0.15, -0.1) is 0 Å². The average Bonchev–Trinajstić information content (AvgIpc) is 3.27. The number of hydrogen-bond acceptors (Lipinski definition) is 7. The summed E-state index contributed by atoms with van der Waals surface area (Å²) >= 11 is 0. The molecule has 0 aliphatic carbocycles. The molecule has 35 heavy (non-hydrogen) atoms. The molecule has 5 heterocycles. The number of pyridine rings is 2. The monoisotopic (exact) mass is 474 g/mol. The molecule has 1 aliphatic rings. The zero-order chi connectivity index (χ0) is 24.5. The first kappa shape index (κ1) is 23.3. The van der Waals surface area contributed by atoms with Crippen LogP contribution in [0, 0.1) is 5.82 Å². The second-order valence-electron chi connectivity index (χ2n) is 9.63. The Morgan fingerprint density at radius 1 is 1.09 bits per heavy atom. The second-order valence-corrected chi connectivity index (χ2v) is 9.63. The molecule has 0 saturated heterocycles. The van der Waals surface area contributed by atoms with E-state index >= 15 is 0 Å². The van der Waals surface area contributed by atoms with E-state index in [0.29, 0.717) is 17.3 Å². The maximum Gasteiger partial charge on any atom is 0.229 e. The molecule has 0 amide bonds. The van der Waals surface area contributed by atoms with Crippen LogP contribution >= 0.6 is 0 Å². The number of imidazole rings is 1. The van der Waals surface area contributed by atoms with Gasteiger partial charge in [0.05, 0.1) is 17.9 Å². The van der Waals surface area contributed by atoms with Gasteiger partial charge in [0.2, 0.25) is 5.95 Å². The van der Waals surface area contributed by atoms with E-state index in [1.165, 1.54) is 11.8 Å². The number of likely N-dealkylation sites (N-methyl/N-ethyl adjacent to an activating group) is 1. The van der Waals surface area contributed by atoms with Gasteiger partial charge in [-0.1, -0.05) is 19.9 Å². The molecule has 4 aromatic heterocycles. The number of anilines is 2. The highest BCUT2D eigenvalue weighted by Crippen LogP contribution is 2.26. The van der Waals surface area contributed by atoms with Gasteiger partial charge in [-0.25, -0.2) is 24.3 Å². The van der Waals surface area contributed by atoms with E-state index in [-0.39, 0.29) is 11.6 Å². The summed E-state index contributed by atoms with van der Waals surface area (Å²) in [4.78, 5) is 22.6. The van der Waals surface area contributed by atoms with Crippen molar-refractivity contribution in [2.24, 2.45) is 0 Å². The van der Waals surface area contributed by atoms with E-state index in [4.69, 9.17) is 4.98 Å². The van der Waals surface area contributed by atoms with Crippen molar-refractivity contribution in [3.63, 3.8) is 0 Å². The molecule has 0 fully saturated rings. The fourth-order valence-corrected chi connectivity index (χ4v) is 4.40. The van der Waals surface area contributed by atoms with Crippen molar-refractivity contribution in [1.82, 2.24) is 34.1 Å². The van der Waals surface area contributed by atoms with Crippen LogP contribution in [-0.2, 0) is 13.0 Å². The lowest BCUT2D eigenvalue weighted by molar-refractivity contribution is 0.224. The van der Waals surface area contributed by atoms with E-state index in [2.05, 4.69) is 64.1 Å². The van der Waals surface area contributed by atoms with E-state index in [9.17, 15) is 4.39 Å². The first-order chi connectivity index (χ1) is 16.9. The maximum absolute atomic E-state index is 14.8. The Bertz CT molecular complexity index is 1350. The van der Waals surface area contributed by atoms with Gasteiger partial charge in [0.25, 0.3) is 0 Å². The molecule has 0 atom stereocenters. The largest absolute Gasteiger partial charge is 0.309 e. The lowest BCUT2D eigenvalue weighted by atomic mass is 10.1. The van der Waals surface area contributed by atoms with E-state index in [0.717, 1.165) is 49.6 Å². The summed E-state index contributed by atoms with van der Waals surface area (Å²) in [5.41, 5.74) is 4.20. The Balaban J connectivity index is 1.36. The fraction of sp³-hybridized carbons (Fsp3) is 0.385. The Morgan fingerprint density at radius 2 is 1.94 bits per heavy atom. The van der Waals surface area contributed by atoms with Crippen molar-refractivity contribution in [3.05, 3.63) is 65.8 Å². The number of nitrogens with one attached hydrogen (secondary N) is 1. The smallest absolute Gasteiger partial charge is 0.229 e. The molecule has 8 nitrogen and oxygen atoms in total. The Kier molecular flexibility index (Phi) is 6.44. The molecular formula is C26H31FN8. The van der Waals surface area contributed by atoms with Gasteiger partial charge < -0.3 is 14.6 Å². The van der Waals surface area contributed by atoms with Crippen molar-refractivity contribution >= 4 is 17.3 Å². The lowest BCUT2D eigenvalue weighted by Gasteiger charge is -2.29. The van der Waals surface area contributed by atoms with Crippen LogP contribution in [0.4, 0.5) is 16.2 Å². The highest BCUT2D eigenvalue weighted by Gasteiger charge is 2.18. The minimum Gasteiger partial charge on any atom is -0.309 e. The van der Waals surface area contributed by atoms with Gasteiger partial charge in [0.1, 0.15) is 17.3 Å². The number of fused-ring (bicyclic) bond motifs is 2. The van der Waals surface area contributed by atoms with E-state index in [1.54, 1.807) is 0 Å². The molecule has 0 aromatic carbocycles. The Morgan fingerprint density at radius 3 is 2.74 bits per heavy atom. The van der Waals surface area contributed by atoms with Gasteiger partial charge in [0, 0.05) is 56.0 Å². The quantitative estimate of drug-likeness (QED) is 0.432. The standard InChI is InChI=1S/C26H31FN8/c1-17(2)25-28-13-20-7-5-19(16-35(20)25)24-21(27)14-29-26(32-24)31-23-8-6-18-15-34(12-11-33(3)4)10-9-22(18)30-23/h5-8,13-14,16-17H,9-12,15H2,1-4H3,(H,29,30,31,32). The topological polar surface area (TPSA) is 74.5 Å². The molecule has 0 unspecified atom stereocenters. The van der Waals surface area contributed by atoms with Gasteiger partial charge in [0.15, 0.2) is 5.82 Å². The lowest BCUT2D eigenvalue weighted by Crippen LogP contribution is -2.36. The molecule has 182 valence electrons. The minimum absolute atomic E-state index is 0.238. The average molecular weight is 475 g/mol. The van der Waals surface area contributed by atoms with Crippen molar-refractivity contribution in [3.8, 4) is 11.3 Å². The summed E-state index contributed by atoms with van der Waals surface area (Å²) in [5, 5.41) is 3.17. The molecule has 5 rings (SSSR count). The summed E-state index contributed by atoms with van der Waals surface area (Å²) in [5.74, 6) is 1.67. The fourth-order valence-electron chi connectivity index (χ4n) is 4.40. The number of nitrogens with zero attached hydrogens (tertiary/aromatic N) is 7. The highest BCUT2D eigenvalue weighted by atomic mass is 19.1. The normalized spacial score (nSPS) is 14.1. The molecule has 0 spiro atoms. The second kappa shape index (κ2) is 9.67. The highest BCUT2D eigenvalue weighted by molar-refractivity contribution is 5.64. The molecule has 9 heteroatoms. The van der Waals surface area contributed by atoms with Crippen LogP contribution in [0.2, 0.25) is 0 Å². The van der Waals surface area contributed by atoms with Gasteiger partial charge in [-0.05, 0) is 37.9 Å². The van der Waals surface area contributed by atoms with Crippen LogP contribution in [0.25, 0.3) is 16.8 Å². The van der Waals surface area contributed by atoms with Gasteiger partial charge in [-0.3, -0.25) is 4.90 Å². The van der Waals surface area contributed by atoms with Crippen LogP contribution in [0.1, 0.15) is 36.8 Å². The predicted octanol–water partition coefficient (Wildman–Crippen LogP) is 4.11. The van der Waals surface area contributed by atoms with Crippen molar-refractivity contribution in [2.75, 3.05) is 39.0 Å². The van der Waals surface area contributed by atoms with Crippen LogP contribution < -0.4 is 5.32 Å². The summed E-state index contributed by atoms with van der Waals surface area (Å²) in [6.45, 7) is 8.15. The summed E-state index contributed by atoms with van der Waals surface area (Å²) in [6, 6.07) is 7.83. The SMILES string of the molecule is CC(C)c1ncc2ccc(-c3nc(Nc4ccc5c(n4)CCN(CCN(C)C)C5)ncc3F)cn12. The zero-order valence-corrected chi connectivity index (χ0v) is 20.7. The minimum atomic E-state index is -0.475. The zero-order valence-electron chi connectivity index (χ0n) is 20.7. The number of aromatic nitrogens is 5. The van der Waals surface area contributed by atoms with E-state index < -0.39 is 5.82 Å². The van der Waals surface area contributed by atoms with Gasteiger partial charge in [-0.2, -0.15) is 0 Å². The Labute approximate surface area is 204 Å². The Hall–Kier alpha value is -3.43. The molecular weight excluding hydrogens is 443 g/mol. The molecule has 4 aromatic rings. The molecule has 0 saturated carbocycles.